The highest BCUT2D eigenvalue weighted by molar-refractivity contribution is 7.79. The standard InChI is InChI=1S/N3.H2O4S/c1-3-2;1-5(2,3)4/h;(H2,1,2,3,4)/q-1;. The van der Waals surface area contributed by atoms with E-state index >= 15 is 0 Å². The van der Waals surface area contributed by atoms with Crippen molar-refractivity contribution in [2.24, 2.45) is 0 Å². The van der Waals surface area contributed by atoms with Crippen molar-refractivity contribution in [3.05, 3.63) is 16.0 Å². The number of hydrogen-bond acceptors (Lipinski definition) is 2. The first kappa shape index (κ1) is 10.2. The number of nitrogens with zero attached hydrogens (tertiary/aromatic N) is 3. The first-order valence-corrected chi connectivity index (χ1v) is 2.50. The molecule has 0 amide bonds. The molecule has 0 heterocycles. The molecule has 0 aliphatic heterocycles. The molecule has 48 valence electrons. The lowest BCUT2D eigenvalue weighted by molar-refractivity contribution is 0.381. The summed E-state index contributed by atoms with van der Waals surface area (Å²) < 4.78 is 31.6. The van der Waals surface area contributed by atoms with E-state index in [0.717, 1.165) is 0 Å². The summed E-state index contributed by atoms with van der Waals surface area (Å²) >= 11 is 0. The van der Waals surface area contributed by atoms with Crippen molar-refractivity contribution in [1.29, 1.82) is 0 Å². The number of rotatable bonds is 0. The minimum Gasteiger partial charge on any atom is -0.373 e. The Hall–Kier alpha value is -0.820. The Kier molecular flexibility index (Phi) is 5.55. The van der Waals surface area contributed by atoms with Gasteiger partial charge in [0, 0.05) is 0 Å². The summed E-state index contributed by atoms with van der Waals surface area (Å²) in [6, 6.07) is 0. The summed E-state index contributed by atoms with van der Waals surface area (Å²) in [6.45, 7) is 0. The molecule has 2 N–H and O–H groups in total. The van der Waals surface area contributed by atoms with Gasteiger partial charge in [-0.25, -0.2) is 0 Å². The van der Waals surface area contributed by atoms with Gasteiger partial charge < -0.3 is 11.1 Å². The van der Waals surface area contributed by atoms with Crippen molar-refractivity contribution in [2.45, 2.75) is 0 Å². The molecule has 0 spiro atoms. The van der Waals surface area contributed by atoms with Crippen molar-refractivity contribution < 1.29 is 17.5 Å². The lowest BCUT2D eigenvalue weighted by Crippen LogP contribution is -1.89. The Morgan fingerprint density at radius 3 is 1.25 bits per heavy atom. The van der Waals surface area contributed by atoms with Crippen molar-refractivity contribution in [3.8, 4) is 0 Å². The van der Waals surface area contributed by atoms with Crippen LogP contribution in [0.25, 0.3) is 16.0 Å². The first-order chi connectivity index (χ1) is 3.41. The Labute approximate surface area is 44.9 Å². The van der Waals surface area contributed by atoms with E-state index in [0.29, 0.717) is 0 Å². The molecule has 0 saturated heterocycles. The van der Waals surface area contributed by atoms with Gasteiger partial charge >= 0.3 is 10.4 Å². The summed E-state index contributed by atoms with van der Waals surface area (Å²) in [7, 11) is -4.67. The van der Waals surface area contributed by atoms with E-state index < -0.39 is 10.4 Å². The normalized spacial score (nSPS) is 8.25. The highest BCUT2D eigenvalue weighted by Gasteiger charge is 1.84. The van der Waals surface area contributed by atoms with Crippen LogP contribution >= 0.6 is 0 Å². The predicted molar refractivity (Wildman–Crippen MR) is 24.3 cm³/mol. The van der Waals surface area contributed by atoms with E-state index in [1.54, 1.807) is 0 Å². The van der Waals surface area contributed by atoms with Gasteiger partial charge in [-0.05, 0) is 0 Å². The quantitative estimate of drug-likeness (QED) is 0.215. The number of hydrogen-bond donors (Lipinski definition) is 2. The van der Waals surface area contributed by atoms with Crippen molar-refractivity contribution in [1.82, 2.24) is 0 Å². The molecule has 0 unspecified atom stereocenters. The minimum atomic E-state index is -4.67. The molecule has 0 aliphatic carbocycles. The van der Waals surface area contributed by atoms with Crippen molar-refractivity contribution in [2.75, 3.05) is 0 Å². The highest BCUT2D eigenvalue weighted by atomic mass is 32.3. The van der Waals surface area contributed by atoms with E-state index in [2.05, 4.69) is 0 Å². The molecule has 0 aromatic heterocycles. The van der Waals surface area contributed by atoms with Gasteiger partial charge in [-0.1, -0.05) is 0 Å². The van der Waals surface area contributed by atoms with Gasteiger partial charge in [-0.2, -0.15) is 8.42 Å². The Morgan fingerprint density at radius 2 is 1.25 bits per heavy atom. The third kappa shape index (κ3) is 135. The van der Waals surface area contributed by atoms with Gasteiger partial charge in [0.05, 0.1) is 0 Å². The third-order valence-electron chi connectivity index (χ3n) is 0. The monoisotopic (exact) mass is 140 g/mol. The van der Waals surface area contributed by atoms with Gasteiger partial charge in [0.1, 0.15) is 0 Å². The molecule has 0 atom stereocenters. The fraction of sp³-hybridized carbons (Fsp3) is 0. The molecular weight excluding hydrogens is 138 g/mol. The second kappa shape index (κ2) is 4.34. The van der Waals surface area contributed by atoms with Crippen LogP contribution in [0.2, 0.25) is 0 Å². The summed E-state index contributed by atoms with van der Waals surface area (Å²) in [6.07, 6.45) is 0. The van der Waals surface area contributed by atoms with Crippen molar-refractivity contribution >= 4 is 10.4 Å². The zero-order valence-corrected chi connectivity index (χ0v) is 4.28. The second-order valence-electron chi connectivity index (χ2n) is 0.537. The van der Waals surface area contributed by atoms with E-state index in [1.165, 1.54) is 4.91 Å². The van der Waals surface area contributed by atoms with E-state index in [9.17, 15) is 0 Å². The fourth-order valence-electron chi connectivity index (χ4n) is 0. The third-order valence-corrected chi connectivity index (χ3v) is 0. The predicted octanol–water partition coefficient (Wildman–Crippen LogP) is 0.213. The van der Waals surface area contributed by atoms with Gasteiger partial charge in [-0.3, -0.25) is 14.0 Å². The molecule has 7 nitrogen and oxygen atoms in total. The Bertz CT molecular complexity index is 152. The molecule has 8 heavy (non-hydrogen) atoms. The minimum absolute atomic E-state index is 1.50. The van der Waals surface area contributed by atoms with E-state index in [1.807, 2.05) is 0 Å². The molecule has 0 bridgehead atoms. The molecule has 0 rings (SSSR count). The Morgan fingerprint density at radius 1 is 1.25 bits per heavy atom. The van der Waals surface area contributed by atoms with Crippen LogP contribution in [0.4, 0.5) is 0 Å². The average Bonchev–Trinajstić information content (AvgIpc) is 1.27. The zero-order chi connectivity index (χ0) is 7.21. The topological polar surface area (TPSA) is 133 Å². The SMILES string of the molecule is O=S(=O)(O)O.[N-]=[N+]=[N-]. The smallest absolute Gasteiger partial charge is 0.373 e. The molecule has 0 aromatic rings. The van der Waals surface area contributed by atoms with E-state index in [4.69, 9.17) is 28.6 Å². The highest BCUT2D eigenvalue weighted by Crippen LogP contribution is 1.59. The lowest BCUT2D eigenvalue weighted by atomic mass is 13.0. The van der Waals surface area contributed by atoms with Crippen LogP contribution in [-0.2, 0) is 10.4 Å². The molecule has 0 fully saturated rings. The maximum atomic E-state index is 8.74. The summed E-state index contributed by atoms with van der Waals surface area (Å²) in [5.74, 6) is 0. The largest absolute Gasteiger partial charge is 0.394 e. The van der Waals surface area contributed by atoms with Gasteiger partial charge in [0.2, 0.25) is 0 Å². The van der Waals surface area contributed by atoms with Gasteiger partial charge in [0.15, 0.2) is 0 Å². The first-order valence-electron chi connectivity index (χ1n) is 1.10. The molecular formula is H2N3O4S-. The van der Waals surface area contributed by atoms with Gasteiger partial charge in [0.25, 0.3) is 0 Å². The van der Waals surface area contributed by atoms with Crippen LogP contribution in [0.5, 0.6) is 0 Å². The van der Waals surface area contributed by atoms with Crippen LogP contribution in [0, 0.1) is 0 Å². The van der Waals surface area contributed by atoms with Gasteiger partial charge in [-0.15, -0.1) is 0 Å². The fourth-order valence-corrected chi connectivity index (χ4v) is 0. The maximum Gasteiger partial charge on any atom is 0.394 e. The molecule has 0 radical (unpaired) electrons. The summed E-state index contributed by atoms with van der Waals surface area (Å²) in [4.78, 5) is 1.50. The van der Waals surface area contributed by atoms with Crippen LogP contribution in [-0.4, -0.2) is 17.5 Å². The van der Waals surface area contributed by atoms with Crippen LogP contribution in [0.15, 0.2) is 0 Å². The second-order valence-corrected chi connectivity index (χ2v) is 1.43. The maximum absolute atomic E-state index is 8.74. The lowest BCUT2D eigenvalue weighted by Gasteiger charge is -1.68. The molecule has 0 aromatic carbocycles. The van der Waals surface area contributed by atoms with E-state index in [-0.39, 0.29) is 0 Å². The molecule has 0 saturated carbocycles. The summed E-state index contributed by atoms with van der Waals surface area (Å²) in [5.41, 5.74) is 13.5. The van der Waals surface area contributed by atoms with Crippen LogP contribution < -0.4 is 0 Å². The molecule has 0 aliphatic rings. The Balaban J connectivity index is 0. The van der Waals surface area contributed by atoms with Crippen molar-refractivity contribution in [3.63, 3.8) is 0 Å². The van der Waals surface area contributed by atoms with Crippen LogP contribution in [0.1, 0.15) is 0 Å². The zero-order valence-electron chi connectivity index (χ0n) is 3.46. The average molecular weight is 140 g/mol. The summed E-state index contributed by atoms with van der Waals surface area (Å²) in [5, 5.41) is 0. The van der Waals surface area contributed by atoms with Crippen LogP contribution in [0.3, 0.4) is 0 Å². The molecule has 8 heteroatoms.